The van der Waals surface area contributed by atoms with Gasteiger partial charge in [-0.2, -0.15) is 39.5 Å². The number of alkyl halides is 11. The van der Waals surface area contributed by atoms with Gasteiger partial charge in [-0.25, -0.2) is 18.7 Å². The molecule has 0 fully saturated rings. The minimum Gasteiger partial charge on any atom is -0.268 e. The fourth-order valence-corrected chi connectivity index (χ4v) is 6.44. The first kappa shape index (κ1) is 30.0. The zero-order chi connectivity index (χ0) is 34.6. The molecule has 0 bridgehead atoms. The second-order valence-electron chi connectivity index (χ2n) is 11.4. The van der Waals surface area contributed by atoms with Crippen LogP contribution in [0.2, 0.25) is 0 Å². The second-order valence-corrected chi connectivity index (χ2v) is 11.4. The minimum atomic E-state index is -5.31. The van der Waals surface area contributed by atoms with E-state index in [-0.39, 0.29) is 44.5 Å². The van der Waals surface area contributed by atoms with Crippen LogP contribution in [0.25, 0.3) is 65.7 Å². The molecule has 6 nitrogen and oxygen atoms in total. The summed E-state index contributed by atoms with van der Waals surface area (Å²) in [6, 6.07) is 5.86. The Morgan fingerprint density at radius 2 is 0.896 bits per heavy atom. The van der Waals surface area contributed by atoms with Crippen LogP contribution < -0.4 is 11.1 Å². The average Bonchev–Trinajstić information content (AvgIpc) is 3.55. The Labute approximate surface area is 255 Å². The van der Waals surface area contributed by atoms with Gasteiger partial charge in [0.25, 0.3) is 17.0 Å². The van der Waals surface area contributed by atoms with Gasteiger partial charge in [0, 0.05) is 44.8 Å². The first-order chi connectivity index (χ1) is 22.2. The molecule has 0 saturated heterocycles. The molecule has 0 N–H and O–H groups in total. The van der Waals surface area contributed by atoms with E-state index < -0.39 is 91.2 Å². The average molecular weight is 680 g/mol. The highest BCUT2D eigenvalue weighted by molar-refractivity contribution is 6.27. The number of halogens is 11. The molecule has 0 aliphatic carbocycles. The number of hydrogen-bond acceptors (Lipinski definition) is 4. The molecular formula is C31H11F11N4O2. The standard InChI is InChI=1S/C31H11F11N4O2/c1-28(32,33)10-6-16(30(37,38)39)22-18(8-10)45-24(43-22)12-2-5-15-21-13(3-4-14(20(12)21)26(45)47)25-44-23-17(31(40,41)42)7-11(29(34,35)36)9-19(23)46(25)27(15)48/h2-9H,1H3. The molecule has 244 valence electrons. The fraction of sp³-hybridized carbons (Fsp3) is 0.161. The molecule has 0 radical (unpaired) electrons. The molecule has 4 aromatic carbocycles. The molecule has 0 spiro atoms. The molecule has 48 heavy (non-hydrogen) atoms. The van der Waals surface area contributed by atoms with Gasteiger partial charge in [0.05, 0.1) is 27.7 Å². The molecule has 4 heterocycles. The quantitative estimate of drug-likeness (QED) is 0.129. The summed E-state index contributed by atoms with van der Waals surface area (Å²) in [7, 11) is 0. The number of hydrogen-bond donors (Lipinski definition) is 0. The molecule has 0 aliphatic heterocycles. The zero-order valence-corrected chi connectivity index (χ0v) is 23.4. The van der Waals surface area contributed by atoms with Gasteiger partial charge < -0.3 is 0 Å². The summed E-state index contributed by atoms with van der Waals surface area (Å²) in [5.41, 5.74) is -12.1. The van der Waals surface area contributed by atoms with Crippen LogP contribution >= 0.6 is 0 Å². The van der Waals surface area contributed by atoms with Crippen molar-refractivity contribution in [3.05, 3.63) is 91.5 Å². The third-order valence-electron chi connectivity index (χ3n) is 8.47. The lowest BCUT2D eigenvalue weighted by molar-refractivity contribution is -0.142. The van der Waals surface area contributed by atoms with Crippen LogP contribution in [0.15, 0.2) is 58.1 Å². The summed E-state index contributed by atoms with van der Waals surface area (Å²) >= 11 is 0. The maximum Gasteiger partial charge on any atom is 0.418 e. The highest BCUT2D eigenvalue weighted by atomic mass is 19.4. The second kappa shape index (κ2) is 8.76. The van der Waals surface area contributed by atoms with Gasteiger partial charge in [-0.05, 0) is 48.5 Å². The Bertz CT molecular complexity index is 2630. The van der Waals surface area contributed by atoms with Gasteiger partial charge in [-0.1, -0.05) is 0 Å². The summed E-state index contributed by atoms with van der Waals surface area (Å²) in [6.07, 6.45) is -15.7. The number of pyridine rings is 2. The van der Waals surface area contributed by atoms with Crippen molar-refractivity contribution in [2.24, 2.45) is 0 Å². The monoisotopic (exact) mass is 680 g/mol. The predicted molar refractivity (Wildman–Crippen MR) is 151 cm³/mol. The van der Waals surface area contributed by atoms with Gasteiger partial charge in [-0.15, -0.1) is 0 Å². The van der Waals surface area contributed by atoms with Crippen molar-refractivity contribution < 1.29 is 48.3 Å². The van der Waals surface area contributed by atoms with Crippen LogP contribution in [-0.2, 0) is 24.5 Å². The number of imidazole rings is 2. The first-order valence-electron chi connectivity index (χ1n) is 13.6. The van der Waals surface area contributed by atoms with Crippen molar-refractivity contribution in [2.45, 2.75) is 31.4 Å². The number of rotatable bonds is 1. The van der Waals surface area contributed by atoms with E-state index in [2.05, 4.69) is 9.97 Å². The minimum absolute atomic E-state index is 0.0213. The number of benzene rings is 4. The summed E-state index contributed by atoms with van der Waals surface area (Å²) in [5.74, 6) is -3.74. The van der Waals surface area contributed by atoms with E-state index >= 15 is 0 Å². The van der Waals surface area contributed by atoms with E-state index in [1.807, 2.05) is 0 Å². The molecule has 8 aromatic rings. The normalized spacial score (nSPS) is 14.0. The lowest BCUT2D eigenvalue weighted by Gasteiger charge is -2.15. The molecule has 0 amide bonds. The molecule has 0 aliphatic rings. The predicted octanol–water partition coefficient (Wildman–Crippen LogP) is 8.51. The maximum absolute atomic E-state index is 14.3. The van der Waals surface area contributed by atoms with Crippen molar-refractivity contribution in [2.75, 3.05) is 0 Å². The highest BCUT2D eigenvalue weighted by Gasteiger charge is 2.41. The van der Waals surface area contributed by atoms with Gasteiger partial charge in [-0.3, -0.25) is 18.4 Å². The maximum atomic E-state index is 14.3. The molecule has 8 rings (SSSR count). The van der Waals surface area contributed by atoms with E-state index in [1.54, 1.807) is 0 Å². The van der Waals surface area contributed by atoms with Crippen LogP contribution in [-0.4, -0.2) is 18.8 Å². The number of aromatic nitrogens is 4. The zero-order valence-electron chi connectivity index (χ0n) is 23.4. The van der Waals surface area contributed by atoms with Crippen molar-refractivity contribution in [3.8, 4) is 0 Å². The van der Waals surface area contributed by atoms with Crippen LogP contribution in [0, 0.1) is 0 Å². The first-order valence-corrected chi connectivity index (χ1v) is 13.6. The van der Waals surface area contributed by atoms with E-state index in [0.29, 0.717) is 23.5 Å². The summed E-state index contributed by atoms with van der Waals surface area (Å²) in [4.78, 5) is 35.7. The Balaban J connectivity index is 1.58. The Hall–Kier alpha value is -5.35. The topological polar surface area (TPSA) is 68.7 Å². The van der Waals surface area contributed by atoms with Gasteiger partial charge >= 0.3 is 18.5 Å². The summed E-state index contributed by atoms with van der Waals surface area (Å²) in [5, 5.41) is -0.676. The Morgan fingerprint density at radius 3 is 1.27 bits per heavy atom. The van der Waals surface area contributed by atoms with Crippen molar-refractivity contribution in [3.63, 3.8) is 0 Å². The Morgan fingerprint density at radius 1 is 0.521 bits per heavy atom. The van der Waals surface area contributed by atoms with Gasteiger partial charge in [0.1, 0.15) is 22.3 Å². The van der Waals surface area contributed by atoms with Crippen LogP contribution in [0.3, 0.4) is 0 Å². The van der Waals surface area contributed by atoms with Crippen molar-refractivity contribution in [1.29, 1.82) is 0 Å². The summed E-state index contributed by atoms with van der Waals surface area (Å²) < 4.78 is 155. The van der Waals surface area contributed by atoms with Gasteiger partial charge in [0.15, 0.2) is 0 Å². The molecule has 4 aromatic heterocycles. The molecule has 0 unspecified atom stereocenters. The fourth-order valence-electron chi connectivity index (χ4n) is 6.44. The number of fused-ring (bicyclic) bond motifs is 8. The Kier molecular flexibility index (Phi) is 5.48. The highest BCUT2D eigenvalue weighted by Crippen LogP contribution is 2.43. The molecular weight excluding hydrogens is 669 g/mol. The van der Waals surface area contributed by atoms with Gasteiger partial charge in [0.2, 0.25) is 0 Å². The lowest BCUT2D eigenvalue weighted by atomic mass is 9.96. The largest absolute Gasteiger partial charge is 0.418 e. The van der Waals surface area contributed by atoms with Crippen molar-refractivity contribution >= 4 is 65.7 Å². The SMILES string of the molecule is CC(F)(F)c1cc(C(F)(F)F)c2nc3c4ccc5c(=O)n6c7cc(C(F)(F)F)cc(C(F)(F)F)c7nc6c6ccc(c(=O)n3c2c1)c4c56. The number of nitrogens with zero attached hydrogens (tertiary/aromatic N) is 4. The molecule has 0 atom stereocenters. The molecule has 17 heteroatoms. The van der Waals surface area contributed by atoms with Crippen LogP contribution in [0.4, 0.5) is 48.3 Å². The van der Waals surface area contributed by atoms with Crippen molar-refractivity contribution in [1.82, 2.24) is 18.8 Å². The van der Waals surface area contributed by atoms with E-state index in [0.717, 1.165) is 16.5 Å². The lowest BCUT2D eigenvalue weighted by Crippen LogP contribution is -2.17. The van der Waals surface area contributed by atoms with E-state index in [9.17, 15) is 57.9 Å². The van der Waals surface area contributed by atoms with E-state index in [1.165, 1.54) is 12.1 Å². The third kappa shape index (κ3) is 3.86. The van der Waals surface area contributed by atoms with Crippen LogP contribution in [0.1, 0.15) is 29.2 Å². The summed E-state index contributed by atoms with van der Waals surface area (Å²) in [6.45, 7) is 0.382. The smallest absolute Gasteiger partial charge is 0.268 e. The van der Waals surface area contributed by atoms with E-state index in [4.69, 9.17) is 0 Å². The van der Waals surface area contributed by atoms with Crippen LogP contribution in [0.5, 0.6) is 0 Å². The molecule has 0 saturated carbocycles. The third-order valence-corrected chi connectivity index (χ3v) is 8.47.